The van der Waals surface area contributed by atoms with E-state index in [0.717, 1.165) is 26.2 Å². The van der Waals surface area contributed by atoms with Crippen molar-refractivity contribution < 1.29 is 18.7 Å². The van der Waals surface area contributed by atoms with E-state index < -0.39 is 17.7 Å². The first-order valence-corrected chi connectivity index (χ1v) is 8.55. The van der Waals surface area contributed by atoms with Gasteiger partial charge in [-0.25, -0.2) is 13.6 Å². The fourth-order valence-electron chi connectivity index (χ4n) is 3.40. The highest BCUT2D eigenvalue weighted by molar-refractivity contribution is 5.65. The number of hydrogen-bond acceptors (Lipinski definition) is 4. The number of anilines is 1. The van der Waals surface area contributed by atoms with Crippen LogP contribution in [0.4, 0.5) is 19.3 Å². The molecule has 1 amide bonds. The lowest BCUT2D eigenvalue weighted by molar-refractivity contribution is 0.142. The third kappa shape index (κ3) is 4.19. The number of likely N-dealkylation sites (N-methyl/N-ethyl adjacent to an activating group) is 1. The molecule has 2 aliphatic rings. The van der Waals surface area contributed by atoms with Crippen molar-refractivity contribution in [3.8, 4) is 0 Å². The van der Waals surface area contributed by atoms with E-state index in [0.29, 0.717) is 12.1 Å². The van der Waals surface area contributed by atoms with Gasteiger partial charge in [-0.15, -0.1) is 0 Å². The Morgan fingerprint density at radius 2 is 1.56 bits per heavy atom. The molecule has 0 saturated carbocycles. The van der Waals surface area contributed by atoms with Crippen molar-refractivity contribution in [2.24, 2.45) is 0 Å². The first-order valence-electron chi connectivity index (χ1n) is 8.55. The zero-order valence-corrected chi connectivity index (χ0v) is 14.4. The molecule has 0 aliphatic carbocycles. The van der Waals surface area contributed by atoms with E-state index in [1.54, 1.807) is 4.90 Å². The quantitative estimate of drug-likeness (QED) is 0.892. The first-order chi connectivity index (χ1) is 11.9. The zero-order chi connectivity index (χ0) is 18.0. The van der Waals surface area contributed by atoms with Gasteiger partial charge in [0.25, 0.3) is 0 Å². The number of piperazine rings is 2. The summed E-state index contributed by atoms with van der Waals surface area (Å²) in [7, 11) is 2.07. The standard InChI is InChI=1S/C17H24F2N4O2/c1-20-2-4-21(5-3-20)12-13-10-14(18)16(15(19)11-13)22-6-8-23(9-7-22)17(24)25/h10-11H,2-9,12H2,1H3,(H,24,25). The Morgan fingerprint density at radius 3 is 2.08 bits per heavy atom. The molecule has 1 aromatic carbocycles. The molecule has 0 spiro atoms. The van der Waals surface area contributed by atoms with Gasteiger partial charge in [0, 0.05) is 58.9 Å². The summed E-state index contributed by atoms with van der Waals surface area (Å²) in [6.45, 7) is 5.30. The molecule has 0 bridgehead atoms. The van der Waals surface area contributed by atoms with Gasteiger partial charge in [-0.3, -0.25) is 4.90 Å². The van der Waals surface area contributed by atoms with Crippen molar-refractivity contribution in [2.75, 3.05) is 64.3 Å². The summed E-state index contributed by atoms with van der Waals surface area (Å²) in [5.41, 5.74) is 0.583. The molecule has 2 saturated heterocycles. The monoisotopic (exact) mass is 354 g/mol. The molecule has 25 heavy (non-hydrogen) atoms. The summed E-state index contributed by atoms with van der Waals surface area (Å²) in [4.78, 5) is 18.2. The van der Waals surface area contributed by atoms with Crippen LogP contribution in [0.2, 0.25) is 0 Å². The second-order valence-corrected chi connectivity index (χ2v) is 6.74. The fraction of sp³-hybridized carbons (Fsp3) is 0.588. The molecule has 3 rings (SSSR count). The molecule has 2 aliphatic heterocycles. The van der Waals surface area contributed by atoms with Crippen LogP contribution in [0.15, 0.2) is 12.1 Å². The van der Waals surface area contributed by atoms with Crippen molar-refractivity contribution >= 4 is 11.8 Å². The topological polar surface area (TPSA) is 50.3 Å². The highest BCUT2D eigenvalue weighted by Gasteiger charge is 2.25. The van der Waals surface area contributed by atoms with Gasteiger partial charge in [-0.2, -0.15) is 0 Å². The van der Waals surface area contributed by atoms with Gasteiger partial charge in [-0.1, -0.05) is 0 Å². The van der Waals surface area contributed by atoms with Crippen molar-refractivity contribution in [1.29, 1.82) is 0 Å². The largest absolute Gasteiger partial charge is 0.465 e. The highest BCUT2D eigenvalue weighted by atomic mass is 19.1. The lowest BCUT2D eigenvalue weighted by atomic mass is 10.1. The number of halogens is 2. The number of hydrogen-bond donors (Lipinski definition) is 1. The summed E-state index contributed by atoms with van der Waals surface area (Å²) < 4.78 is 29.1. The lowest BCUT2D eigenvalue weighted by Gasteiger charge is -2.35. The SMILES string of the molecule is CN1CCN(Cc2cc(F)c(N3CCN(C(=O)O)CC3)c(F)c2)CC1. The number of nitrogens with zero attached hydrogens (tertiary/aromatic N) is 4. The molecule has 0 radical (unpaired) electrons. The summed E-state index contributed by atoms with van der Waals surface area (Å²) in [6, 6.07) is 2.81. The van der Waals surface area contributed by atoms with Crippen LogP contribution in [-0.4, -0.2) is 85.3 Å². The molecule has 138 valence electrons. The van der Waals surface area contributed by atoms with E-state index in [-0.39, 0.29) is 31.9 Å². The smallest absolute Gasteiger partial charge is 0.407 e. The maximum absolute atomic E-state index is 14.5. The van der Waals surface area contributed by atoms with Gasteiger partial charge < -0.3 is 19.8 Å². The summed E-state index contributed by atoms with van der Waals surface area (Å²) in [6.07, 6.45) is -0.997. The van der Waals surface area contributed by atoms with Crippen LogP contribution in [0.25, 0.3) is 0 Å². The molecular weight excluding hydrogens is 330 g/mol. The van der Waals surface area contributed by atoms with Gasteiger partial charge >= 0.3 is 6.09 Å². The van der Waals surface area contributed by atoms with E-state index >= 15 is 0 Å². The Bertz CT molecular complexity index is 604. The second-order valence-electron chi connectivity index (χ2n) is 6.74. The Hall–Kier alpha value is -1.93. The summed E-state index contributed by atoms with van der Waals surface area (Å²) in [5.74, 6) is -1.15. The van der Waals surface area contributed by atoms with E-state index in [1.807, 2.05) is 0 Å². The zero-order valence-electron chi connectivity index (χ0n) is 14.4. The van der Waals surface area contributed by atoms with Crippen LogP contribution in [0.1, 0.15) is 5.56 Å². The molecule has 2 fully saturated rings. The Morgan fingerprint density at radius 1 is 1.00 bits per heavy atom. The fourth-order valence-corrected chi connectivity index (χ4v) is 3.40. The normalized spacial score (nSPS) is 20.1. The minimum atomic E-state index is -0.997. The minimum Gasteiger partial charge on any atom is -0.465 e. The van der Waals surface area contributed by atoms with Gasteiger partial charge in [0.05, 0.1) is 0 Å². The number of rotatable bonds is 3. The van der Waals surface area contributed by atoms with Gasteiger partial charge in [-0.05, 0) is 24.7 Å². The lowest BCUT2D eigenvalue weighted by Crippen LogP contribution is -2.48. The maximum atomic E-state index is 14.5. The van der Waals surface area contributed by atoms with Crippen LogP contribution in [0.3, 0.4) is 0 Å². The molecule has 0 atom stereocenters. The molecule has 0 aromatic heterocycles. The maximum Gasteiger partial charge on any atom is 0.407 e. The summed E-state index contributed by atoms with van der Waals surface area (Å²) >= 11 is 0. The second kappa shape index (κ2) is 7.53. The van der Waals surface area contributed by atoms with E-state index in [1.165, 1.54) is 17.0 Å². The average molecular weight is 354 g/mol. The van der Waals surface area contributed by atoms with Crippen LogP contribution in [0, 0.1) is 11.6 Å². The third-order valence-electron chi connectivity index (χ3n) is 4.95. The molecular formula is C17H24F2N4O2. The van der Waals surface area contributed by atoms with Gasteiger partial charge in [0.1, 0.15) is 17.3 Å². The van der Waals surface area contributed by atoms with Gasteiger partial charge in [0.15, 0.2) is 0 Å². The number of carboxylic acid groups (broad SMARTS) is 1. The molecule has 2 heterocycles. The van der Waals surface area contributed by atoms with Crippen LogP contribution in [0.5, 0.6) is 0 Å². The van der Waals surface area contributed by atoms with Crippen molar-refractivity contribution in [3.05, 3.63) is 29.3 Å². The number of benzene rings is 1. The molecule has 6 nitrogen and oxygen atoms in total. The first kappa shape index (κ1) is 17.9. The molecule has 1 aromatic rings. The Labute approximate surface area is 146 Å². The van der Waals surface area contributed by atoms with Crippen LogP contribution in [-0.2, 0) is 6.54 Å². The molecule has 1 N–H and O–H groups in total. The Kier molecular flexibility index (Phi) is 5.39. The van der Waals surface area contributed by atoms with Crippen molar-refractivity contribution in [3.63, 3.8) is 0 Å². The number of carbonyl (C=O) groups is 1. The third-order valence-corrected chi connectivity index (χ3v) is 4.95. The van der Waals surface area contributed by atoms with E-state index in [4.69, 9.17) is 5.11 Å². The van der Waals surface area contributed by atoms with Crippen LogP contribution >= 0.6 is 0 Å². The average Bonchev–Trinajstić information content (AvgIpc) is 2.57. The molecule has 0 unspecified atom stereocenters. The van der Waals surface area contributed by atoms with E-state index in [9.17, 15) is 13.6 Å². The predicted molar refractivity (Wildman–Crippen MR) is 90.9 cm³/mol. The van der Waals surface area contributed by atoms with E-state index in [2.05, 4.69) is 16.8 Å². The molecule has 8 heteroatoms. The number of amides is 1. The van der Waals surface area contributed by atoms with Crippen molar-refractivity contribution in [2.45, 2.75) is 6.54 Å². The predicted octanol–water partition coefficient (Wildman–Crippen LogP) is 1.51. The van der Waals surface area contributed by atoms with Gasteiger partial charge in [0.2, 0.25) is 0 Å². The summed E-state index contributed by atoms with van der Waals surface area (Å²) in [5, 5.41) is 8.96. The minimum absolute atomic E-state index is 0.0489. The van der Waals surface area contributed by atoms with Crippen molar-refractivity contribution in [1.82, 2.24) is 14.7 Å². The Balaban J connectivity index is 1.67. The van der Waals surface area contributed by atoms with Crippen LogP contribution < -0.4 is 4.90 Å². The highest BCUT2D eigenvalue weighted by Crippen LogP contribution is 2.27.